The molecule has 0 saturated carbocycles. The topological polar surface area (TPSA) is 51.1 Å². The molecule has 0 spiro atoms. The molecule has 1 saturated heterocycles. The van der Waals surface area contributed by atoms with Gasteiger partial charge in [-0.25, -0.2) is 9.97 Å². The number of hydrogen-bond acceptors (Lipinski definition) is 6. The van der Waals surface area contributed by atoms with Gasteiger partial charge >= 0.3 is 0 Å². The number of thioether (sulfide) groups is 1. The van der Waals surface area contributed by atoms with E-state index in [9.17, 15) is 0 Å². The van der Waals surface area contributed by atoms with Crippen LogP contribution in [-0.2, 0) is 10.5 Å². The lowest BCUT2D eigenvalue weighted by atomic mass is 10.3. The summed E-state index contributed by atoms with van der Waals surface area (Å²) in [6, 6.07) is 18.3. The molecule has 4 rings (SSSR count). The first-order valence-electron chi connectivity index (χ1n) is 8.68. The van der Waals surface area contributed by atoms with Gasteiger partial charge in [0.05, 0.1) is 18.9 Å². The maximum absolute atomic E-state index is 5.47. The number of anilines is 1. The molecule has 0 unspecified atom stereocenters. The number of ether oxygens (including phenoxy) is 1. The molecule has 26 heavy (non-hydrogen) atoms. The second-order valence-electron chi connectivity index (χ2n) is 5.96. The molecule has 1 aliphatic rings. The Morgan fingerprint density at radius 1 is 0.962 bits per heavy atom. The van der Waals surface area contributed by atoms with Crippen molar-refractivity contribution in [3.63, 3.8) is 0 Å². The lowest BCUT2D eigenvalue weighted by Crippen LogP contribution is -2.37. The van der Waals surface area contributed by atoms with Crippen LogP contribution in [0.4, 0.5) is 5.82 Å². The summed E-state index contributed by atoms with van der Waals surface area (Å²) in [5, 5.41) is 0. The van der Waals surface area contributed by atoms with Gasteiger partial charge in [-0.05, 0) is 24.3 Å². The average Bonchev–Trinajstić information content (AvgIpc) is 2.74. The maximum Gasteiger partial charge on any atom is 0.180 e. The van der Waals surface area contributed by atoms with E-state index in [0.29, 0.717) is 5.82 Å². The van der Waals surface area contributed by atoms with Gasteiger partial charge < -0.3 is 9.64 Å². The number of nitrogens with zero attached hydrogens (tertiary/aromatic N) is 4. The molecule has 5 nitrogen and oxygen atoms in total. The predicted octanol–water partition coefficient (Wildman–Crippen LogP) is 3.67. The van der Waals surface area contributed by atoms with E-state index in [1.165, 1.54) is 4.90 Å². The van der Waals surface area contributed by atoms with Gasteiger partial charge in [-0.3, -0.25) is 4.98 Å². The fourth-order valence-electron chi connectivity index (χ4n) is 2.80. The number of hydrogen-bond donors (Lipinski definition) is 0. The SMILES string of the molecule is c1ccc(SCc2cc(N3CCOCC3)nc(-c3ccccn3)n2)cc1. The van der Waals surface area contributed by atoms with Crippen LogP contribution in [0.2, 0.25) is 0 Å². The summed E-state index contributed by atoms with van der Waals surface area (Å²) >= 11 is 1.78. The smallest absolute Gasteiger partial charge is 0.180 e. The Morgan fingerprint density at radius 2 is 1.77 bits per heavy atom. The zero-order valence-electron chi connectivity index (χ0n) is 14.4. The molecule has 3 heterocycles. The Balaban J connectivity index is 1.63. The molecule has 6 heteroatoms. The van der Waals surface area contributed by atoms with Crippen LogP contribution in [-0.4, -0.2) is 41.3 Å². The fourth-order valence-corrected chi connectivity index (χ4v) is 3.61. The molecule has 0 radical (unpaired) electrons. The Labute approximate surface area is 157 Å². The highest BCUT2D eigenvalue weighted by Gasteiger charge is 2.16. The molecule has 0 N–H and O–H groups in total. The summed E-state index contributed by atoms with van der Waals surface area (Å²) in [5.41, 5.74) is 1.81. The van der Waals surface area contributed by atoms with Crippen LogP contribution >= 0.6 is 11.8 Å². The number of benzene rings is 1. The molecule has 0 atom stereocenters. The molecule has 3 aromatic rings. The minimum absolute atomic E-state index is 0.679. The highest BCUT2D eigenvalue weighted by Crippen LogP contribution is 2.25. The summed E-state index contributed by atoms with van der Waals surface area (Å²) < 4.78 is 5.47. The van der Waals surface area contributed by atoms with Gasteiger partial charge in [-0.15, -0.1) is 11.8 Å². The van der Waals surface area contributed by atoms with Crippen molar-refractivity contribution >= 4 is 17.6 Å². The highest BCUT2D eigenvalue weighted by molar-refractivity contribution is 7.98. The van der Waals surface area contributed by atoms with Crippen molar-refractivity contribution in [2.24, 2.45) is 0 Å². The molecular weight excluding hydrogens is 344 g/mol. The minimum Gasteiger partial charge on any atom is -0.378 e. The summed E-state index contributed by atoms with van der Waals surface area (Å²) in [6.45, 7) is 3.17. The third kappa shape index (κ3) is 4.20. The second-order valence-corrected chi connectivity index (χ2v) is 7.01. The quantitative estimate of drug-likeness (QED) is 0.644. The van der Waals surface area contributed by atoms with Crippen LogP contribution < -0.4 is 4.90 Å². The minimum atomic E-state index is 0.679. The van der Waals surface area contributed by atoms with Crippen LogP contribution in [0.3, 0.4) is 0 Å². The van der Waals surface area contributed by atoms with E-state index in [-0.39, 0.29) is 0 Å². The number of pyridine rings is 1. The first kappa shape index (κ1) is 17.0. The van der Waals surface area contributed by atoms with Crippen molar-refractivity contribution in [1.29, 1.82) is 0 Å². The lowest BCUT2D eigenvalue weighted by Gasteiger charge is -2.28. The van der Waals surface area contributed by atoms with Gasteiger partial charge in [0.2, 0.25) is 0 Å². The van der Waals surface area contributed by atoms with Crippen LogP contribution in [0.25, 0.3) is 11.5 Å². The van der Waals surface area contributed by atoms with E-state index in [0.717, 1.165) is 49.3 Å². The fraction of sp³-hybridized carbons (Fsp3) is 0.250. The van der Waals surface area contributed by atoms with E-state index < -0.39 is 0 Å². The highest BCUT2D eigenvalue weighted by atomic mass is 32.2. The molecule has 1 aliphatic heterocycles. The van der Waals surface area contributed by atoms with Crippen LogP contribution in [0.1, 0.15) is 5.69 Å². The first-order valence-corrected chi connectivity index (χ1v) is 9.67. The Kier molecular flexibility index (Phi) is 5.42. The Morgan fingerprint density at radius 3 is 2.54 bits per heavy atom. The van der Waals surface area contributed by atoms with E-state index in [4.69, 9.17) is 14.7 Å². The second kappa shape index (κ2) is 8.29. The van der Waals surface area contributed by atoms with E-state index in [1.807, 2.05) is 24.3 Å². The maximum atomic E-state index is 5.47. The van der Waals surface area contributed by atoms with Crippen LogP contribution in [0, 0.1) is 0 Å². The largest absolute Gasteiger partial charge is 0.378 e. The number of morpholine rings is 1. The average molecular weight is 364 g/mol. The van der Waals surface area contributed by atoms with Gasteiger partial charge in [0.25, 0.3) is 0 Å². The molecule has 132 valence electrons. The molecule has 2 aromatic heterocycles. The molecule has 1 aromatic carbocycles. The van der Waals surface area contributed by atoms with Gasteiger partial charge in [0.15, 0.2) is 5.82 Å². The lowest BCUT2D eigenvalue weighted by molar-refractivity contribution is 0.122. The van der Waals surface area contributed by atoms with Gasteiger partial charge in [0, 0.05) is 36.0 Å². The summed E-state index contributed by atoms with van der Waals surface area (Å²) in [7, 11) is 0. The van der Waals surface area contributed by atoms with E-state index >= 15 is 0 Å². The molecular formula is C20H20N4OS. The van der Waals surface area contributed by atoms with Gasteiger partial charge in [-0.2, -0.15) is 0 Å². The van der Waals surface area contributed by atoms with Crippen molar-refractivity contribution in [2.75, 3.05) is 31.2 Å². The molecule has 0 amide bonds. The first-order chi connectivity index (χ1) is 12.9. The van der Waals surface area contributed by atoms with Gasteiger partial charge in [-0.1, -0.05) is 24.3 Å². The van der Waals surface area contributed by atoms with Crippen LogP contribution in [0.5, 0.6) is 0 Å². The van der Waals surface area contributed by atoms with Crippen LogP contribution in [0.15, 0.2) is 65.7 Å². The summed E-state index contributed by atoms with van der Waals surface area (Å²) in [4.78, 5) is 17.4. The number of aromatic nitrogens is 3. The van der Waals surface area contributed by atoms with Crippen molar-refractivity contribution in [1.82, 2.24) is 15.0 Å². The normalized spacial score (nSPS) is 14.4. The third-order valence-electron chi connectivity index (χ3n) is 4.12. The Bertz CT molecular complexity index is 839. The number of rotatable bonds is 5. The molecule has 0 bridgehead atoms. The third-order valence-corrected chi connectivity index (χ3v) is 5.17. The predicted molar refractivity (Wildman–Crippen MR) is 104 cm³/mol. The zero-order chi connectivity index (χ0) is 17.6. The summed E-state index contributed by atoms with van der Waals surface area (Å²) in [5.74, 6) is 2.43. The van der Waals surface area contributed by atoms with E-state index in [1.54, 1.807) is 18.0 Å². The summed E-state index contributed by atoms with van der Waals surface area (Å²) in [6.07, 6.45) is 1.78. The monoisotopic (exact) mass is 364 g/mol. The molecule has 0 aliphatic carbocycles. The standard InChI is InChI=1S/C20H20N4OS/c1-2-6-17(7-3-1)26-15-16-14-19(24-10-12-25-13-11-24)23-20(22-16)18-8-4-5-9-21-18/h1-9,14H,10-13,15H2. The molecule has 1 fully saturated rings. The van der Waals surface area contributed by atoms with Crippen molar-refractivity contribution in [2.45, 2.75) is 10.6 Å². The van der Waals surface area contributed by atoms with Crippen molar-refractivity contribution < 1.29 is 4.74 Å². The van der Waals surface area contributed by atoms with E-state index in [2.05, 4.69) is 40.2 Å². The zero-order valence-corrected chi connectivity index (χ0v) is 15.2. The Hall–Kier alpha value is -2.44. The van der Waals surface area contributed by atoms with Crippen molar-refractivity contribution in [3.05, 3.63) is 66.5 Å². The van der Waals surface area contributed by atoms with Crippen molar-refractivity contribution in [3.8, 4) is 11.5 Å². The van der Waals surface area contributed by atoms with Gasteiger partial charge in [0.1, 0.15) is 11.5 Å².